The third-order valence-electron chi connectivity index (χ3n) is 4.29. The van der Waals surface area contributed by atoms with Crippen molar-refractivity contribution >= 4 is 23.9 Å². The van der Waals surface area contributed by atoms with E-state index < -0.39 is 0 Å². The second kappa shape index (κ2) is 7.09. The van der Waals surface area contributed by atoms with E-state index in [1.54, 1.807) is 0 Å². The average molecular weight is 331 g/mol. The maximum Gasteiger partial charge on any atom is 0.0803 e. The summed E-state index contributed by atoms with van der Waals surface area (Å²) >= 11 is 3.68. The van der Waals surface area contributed by atoms with Crippen molar-refractivity contribution in [3.63, 3.8) is 0 Å². The zero-order valence-corrected chi connectivity index (χ0v) is 14.8. The van der Waals surface area contributed by atoms with Crippen LogP contribution in [0.25, 0.3) is 0 Å². The summed E-state index contributed by atoms with van der Waals surface area (Å²) in [5, 5.41) is 0. The molecule has 0 N–H and O–H groups in total. The molecular formula is C18H22N2S2. The molecule has 0 radical (unpaired) electrons. The van der Waals surface area contributed by atoms with Crippen LogP contribution < -0.4 is 0 Å². The van der Waals surface area contributed by atoms with Crippen LogP contribution in [0.4, 0.5) is 0 Å². The van der Waals surface area contributed by atoms with E-state index in [-0.39, 0.29) is 0 Å². The molecule has 1 saturated heterocycles. The van der Waals surface area contributed by atoms with Gasteiger partial charge in [-0.1, -0.05) is 84.6 Å². The van der Waals surface area contributed by atoms with E-state index in [1.165, 1.54) is 11.1 Å². The second-order valence-corrected chi connectivity index (χ2v) is 7.00. The van der Waals surface area contributed by atoms with Crippen molar-refractivity contribution in [2.24, 2.45) is 0 Å². The van der Waals surface area contributed by atoms with E-state index in [2.05, 4.69) is 88.7 Å². The molecule has 1 aliphatic heterocycles. The molecule has 2 aromatic rings. The van der Waals surface area contributed by atoms with Gasteiger partial charge in [0.25, 0.3) is 0 Å². The highest BCUT2D eigenvalue weighted by molar-refractivity contribution is 7.97. The predicted octanol–water partition coefficient (Wildman–Crippen LogP) is 4.99. The summed E-state index contributed by atoms with van der Waals surface area (Å²) in [6.07, 6.45) is 4.75. The van der Waals surface area contributed by atoms with Gasteiger partial charge in [-0.2, -0.15) is 0 Å². The van der Waals surface area contributed by atoms with Gasteiger partial charge in [0.1, 0.15) is 0 Å². The SMILES string of the molecule is CSN1C(c2ccccc2)[C@@H](c2ccccc2)N(SC)C1C. The fourth-order valence-corrected chi connectivity index (χ4v) is 5.15. The van der Waals surface area contributed by atoms with Gasteiger partial charge in [0.2, 0.25) is 0 Å². The zero-order valence-electron chi connectivity index (χ0n) is 13.2. The molecule has 1 fully saturated rings. The Bertz CT molecular complexity index is 537. The van der Waals surface area contributed by atoms with Crippen LogP contribution >= 0.6 is 23.9 Å². The molecule has 2 aromatic carbocycles. The Balaban J connectivity index is 2.08. The topological polar surface area (TPSA) is 6.48 Å². The molecule has 2 nitrogen and oxygen atoms in total. The largest absolute Gasteiger partial charge is 0.224 e. The number of hydrogen-bond donors (Lipinski definition) is 0. The minimum absolute atomic E-state index is 0.362. The number of rotatable bonds is 4. The van der Waals surface area contributed by atoms with Crippen molar-refractivity contribution in [3.8, 4) is 0 Å². The van der Waals surface area contributed by atoms with E-state index in [0.29, 0.717) is 18.2 Å². The van der Waals surface area contributed by atoms with Gasteiger partial charge < -0.3 is 0 Å². The molecule has 0 aliphatic carbocycles. The standard InChI is InChI=1S/C18H22N2S2/c1-14-19(21-2)17(15-10-6-4-7-11-15)18(20(14)22-3)16-12-8-5-9-13-16/h4-14,17-18H,1-3H3/t14?,17-,18?/m1/s1. The molecular weight excluding hydrogens is 308 g/mol. The van der Waals surface area contributed by atoms with Gasteiger partial charge in [-0.25, -0.2) is 8.61 Å². The van der Waals surface area contributed by atoms with Crippen LogP contribution in [-0.2, 0) is 0 Å². The lowest BCUT2D eigenvalue weighted by atomic mass is 9.95. The molecule has 22 heavy (non-hydrogen) atoms. The quantitative estimate of drug-likeness (QED) is 0.728. The van der Waals surface area contributed by atoms with Crippen LogP contribution in [0.15, 0.2) is 60.7 Å². The third-order valence-corrected chi connectivity index (χ3v) is 6.20. The molecule has 3 rings (SSSR count). The molecule has 0 amide bonds. The van der Waals surface area contributed by atoms with Crippen LogP contribution in [0.2, 0.25) is 0 Å². The van der Waals surface area contributed by atoms with Crippen molar-refractivity contribution < 1.29 is 0 Å². The van der Waals surface area contributed by atoms with Crippen LogP contribution in [-0.4, -0.2) is 27.3 Å². The summed E-state index contributed by atoms with van der Waals surface area (Å²) < 4.78 is 5.03. The zero-order chi connectivity index (χ0) is 15.5. The van der Waals surface area contributed by atoms with E-state index in [1.807, 2.05) is 23.9 Å². The van der Waals surface area contributed by atoms with Crippen molar-refractivity contribution in [1.82, 2.24) is 8.61 Å². The molecule has 2 unspecified atom stereocenters. The van der Waals surface area contributed by atoms with Gasteiger partial charge in [-0.15, -0.1) is 0 Å². The third kappa shape index (κ3) is 2.81. The minimum Gasteiger partial charge on any atom is -0.224 e. The lowest BCUT2D eigenvalue weighted by Crippen LogP contribution is -2.28. The number of nitrogens with zero attached hydrogens (tertiary/aromatic N) is 2. The second-order valence-electron chi connectivity index (χ2n) is 5.43. The van der Waals surface area contributed by atoms with E-state index in [0.717, 1.165) is 0 Å². The highest BCUT2D eigenvalue weighted by Crippen LogP contribution is 2.51. The van der Waals surface area contributed by atoms with Crippen molar-refractivity contribution in [2.75, 3.05) is 12.5 Å². The number of hydrogen-bond acceptors (Lipinski definition) is 4. The van der Waals surface area contributed by atoms with Gasteiger partial charge in [0.05, 0.1) is 18.2 Å². The first kappa shape index (κ1) is 15.9. The van der Waals surface area contributed by atoms with Crippen LogP contribution in [0.3, 0.4) is 0 Å². The Kier molecular flexibility index (Phi) is 5.14. The summed E-state index contributed by atoms with van der Waals surface area (Å²) in [7, 11) is 0. The summed E-state index contributed by atoms with van der Waals surface area (Å²) in [6, 6.07) is 22.5. The molecule has 3 atom stereocenters. The summed E-state index contributed by atoms with van der Waals surface area (Å²) in [6.45, 7) is 2.30. The smallest absolute Gasteiger partial charge is 0.0803 e. The molecule has 4 heteroatoms. The predicted molar refractivity (Wildman–Crippen MR) is 98.5 cm³/mol. The first-order valence-electron chi connectivity index (χ1n) is 7.52. The fourth-order valence-electron chi connectivity index (χ4n) is 3.35. The van der Waals surface area contributed by atoms with Gasteiger partial charge >= 0.3 is 0 Å². The van der Waals surface area contributed by atoms with Gasteiger partial charge in [0, 0.05) is 0 Å². The Hall–Kier alpha value is -0.940. The monoisotopic (exact) mass is 330 g/mol. The maximum atomic E-state index is 2.52. The molecule has 0 aromatic heterocycles. The highest BCUT2D eigenvalue weighted by Gasteiger charge is 2.46. The first-order valence-corrected chi connectivity index (χ1v) is 9.89. The van der Waals surface area contributed by atoms with E-state index in [4.69, 9.17) is 0 Å². The Labute approximate surface area is 142 Å². The summed E-state index contributed by atoms with van der Waals surface area (Å²) in [5.74, 6) is 0. The van der Waals surface area contributed by atoms with E-state index >= 15 is 0 Å². The molecule has 116 valence electrons. The number of benzene rings is 2. The Morgan fingerprint density at radius 1 is 0.682 bits per heavy atom. The molecule has 0 spiro atoms. The lowest BCUT2D eigenvalue weighted by molar-refractivity contribution is 0.323. The van der Waals surface area contributed by atoms with Gasteiger partial charge in [0.15, 0.2) is 0 Å². The lowest BCUT2D eigenvalue weighted by Gasteiger charge is -2.27. The van der Waals surface area contributed by atoms with Gasteiger partial charge in [-0.05, 0) is 30.6 Å². The highest BCUT2D eigenvalue weighted by atomic mass is 32.2. The van der Waals surface area contributed by atoms with Crippen molar-refractivity contribution in [2.45, 2.75) is 25.2 Å². The van der Waals surface area contributed by atoms with Crippen molar-refractivity contribution in [1.29, 1.82) is 0 Å². The summed E-state index contributed by atoms with van der Waals surface area (Å²) in [5.41, 5.74) is 2.77. The minimum atomic E-state index is 0.362. The maximum absolute atomic E-state index is 2.52. The van der Waals surface area contributed by atoms with Gasteiger partial charge in [-0.3, -0.25) is 0 Å². The average Bonchev–Trinajstić information content (AvgIpc) is 2.88. The molecule has 0 bridgehead atoms. The summed E-state index contributed by atoms with van der Waals surface area (Å²) in [4.78, 5) is 0. The normalized spacial score (nSPS) is 26.4. The van der Waals surface area contributed by atoms with Crippen molar-refractivity contribution in [3.05, 3.63) is 71.8 Å². The molecule has 1 aliphatic rings. The van der Waals surface area contributed by atoms with Crippen LogP contribution in [0.5, 0.6) is 0 Å². The first-order chi connectivity index (χ1) is 10.8. The van der Waals surface area contributed by atoms with E-state index in [9.17, 15) is 0 Å². The fraction of sp³-hybridized carbons (Fsp3) is 0.333. The molecule has 1 heterocycles. The Morgan fingerprint density at radius 2 is 1.05 bits per heavy atom. The molecule has 0 saturated carbocycles. The Morgan fingerprint density at radius 3 is 1.36 bits per heavy atom. The van der Waals surface area contributed by atoms with Crippen LogP contribution in [0, 0.1) is 0 Å². The van der Waals surface area contributed by atoms with Crippen LogP contribution in [0.1, 0.15) is 30.1 Å².